The predicted molar refractivity (Wildman–Crippen MR) is 295 cm³/mol. The van der Waals surface area contributed by atoms with E-state index in [1.54, 1.807) is 140 Å². The van der Waals surface area contributed by atoms with Crippen molar-refractivity contribution < 1.29 is 44.1 Å². The zero-order chi connectivity index (χ0) is 53.0. The average Bonchev–Trinajstić information content (AvgIpc) is 3.42. The quantitative estimate of drug-likeness (QED) is 0.0574. The first kappa shape index (κ1) is 55.6. The molecule has 0 spiro atoms. The van der Waals surface area contributed by atoms with E-state index >= 15 is 0 Å². The van der Waals surface area contributed by atoms with Crippen LogP contribution >= 0.6 is 0 Å². The Kier molecular flexibility index (Phi) is 20.3. The van der Waals surface area contributed by atoms with Crippen LogP contribution in [0.2, 0.25) is 0 Å². The molecule has 0 radical (unpaired) electrons. The highest BCUT2D eigenvalue weighted by atomic mass is 16.4. The largest absolute Gasteiger partial charge is 0.481 e. The fraction of sp³-hybridized carbons (Fsp3) is 0.0794. The molecule has 75 heavy (non-hydrogen) atoms. The molecule has 6 N–H and O–H groups in total. The molecular formula is C63H53N3O9. The van der Waals surface area contributed by atoms with Crippen LogP contribution in [-0.2, 0) is 17.6 Å². The number of aryl methyl sites for hydroxylation is 1. The molecule has 12 nitrogen and oxygen atoms in total. The molecule has 0 aliphatic heterocycles. The smallest absolute Gasteiger partial charge is 0.336 e. The SMILES string of the molecule is C.C#Cc1ccc(NC(=O)c2ccccc2-c2ccc(C(=O)O)cc2)cc1.C#Cc1ccc(NC(=O)c2ccccc2-c2ccccc2C(=O)O)cc1.CCCc1ccc(NC(=O)c2ccccc2CC(=O)O)cc1. The molecule has 8 aromatic carbocycles. The third kappa shape index (κ3) is 15.6. The summed E-state index contributed by atoms with van der Waals surface area (Å²) in [6.07, 6.45) is 12.6. The molecule has 8 rings (SSSR count). The summed E-state index contributed by atoms with van der Waals surface area (Å²) in [4.78, 5) is 71.1. The Labute approximate surface area is 435 Å². The number of anilines is 3. The van der Waals surface area contributed by atoms with Gasteiger partial charge in [-0.25, -0.2) is 9.59 Å². The van der Waals surface area contributed by atoms with Gasteiger partial charge in [0.15, 0.2) is 0 Å². The van der Waals surface area contributed by atoms with Crippen LogP contribution in [0.5, 0.6) is 0 Å². The number of carbonyl (C=O) groups excluding carboxylic acids is 3. The average molecular weight is 996 g/mol. The Balaban J connectivity index is 0.000000208. The zero-order valence-electron chi connectivity index (χ0n) is 40.0. The molecule has 8 aromatic rings. The van der Waals surface area contributed by atoms with E-state index < -0.39 is 17.9 Å². The van der Waals surface area contributed by atoms with E-state index in [0.29, 0.717) is 50.4 Å². The molecular weight excluding hydrogens is 943 g/mol. The molecule has 0 aliphatic carbocycles. The molecule has 0 atom stereocenters. The molecule has 0 saturated heterocycles. The lowest BCUT2D eigenvalue weighted by Gasteiger charge is -2.12. The second-order valence-corrected chi connectivity index (χ2v) is 16.3. The van der Waals surface area contributed by atoms with Crippen molar-refractivity contribution in [1.82, 2.24) is 0 Å². The van der Waals surface area contributed by atoms with E-state index in [0.717, 1.165) is 35.1 Å². The van der Waals surface area contributed by atoms with Crippen molar-refractivity contribution in [2.75, 3.05) is 16.0 Å². The molecule has 374 valence electrons. The van der Waals surface area contributed by atoms with Gasteiger partial charge in [0.1, 0.15) is 0 Å². The summed E-state index contributed by atoms with van der Waals surface area (Å²) in [5, 5.41) is 35.8. The minimum atomic E-state index is -1.04. The number of carboxylic acid groups (broad SMARTS) is 3. The molecule has 0 bridgehead atoms. The van der Waals surface area contributed by atoms with Crippen molar-refractivity contribution in [3.63, 3.8) is 0 Å². The summed E-state index contributed by atoms with van der Waals surface area (Å²) in [5.74, 6) is 1.19. The van der Waals surface area contributed by atoms with Gasteiger partial charge in [-0.1, -0.05) is 130 Å². The van der Waals surface area contributed by atoms with E-state index in [-0.39, 0.29) is 42.7 Å². The fourth-order valence-electron chi connectivity index (χ4n) is 7.54. The molecule has 0 fully saturated rings. The van der Waals surface area contributed by atoms with E-state index in [2.05, 4.69) is 34.7 Å². The van der Waals surface area contributed by atoms with Crippen molar-refractivity contribution in [3.05, 3.63) is 244 Å². The highest BCUT2D eigenvalue weighted by Gasteiger charge is 2.19. The maximum atomic E-state index is 12.7. The van der Waals surface area contributed by atoms with Gasteiger partial charge < -0.3 is 31.3 Å². The van der Waals surface area contributed by atoms with Crippen LogP contribution in [0.15, 0.2) is 194 Å². The molecule has 0 saturated carbocycles. The number of carbonyl (C=O) groups is 6. The van der Waals surface area contributed by atoms with E-state index in [9.17, 15) is 33.9 Å². The summed E-state index contributed by atoms with van der Waals surface area (Å²) in [5.41, 5.74) is 9.32. The number of nitrogens with one attached hydrogen (secondary N) is 3. The number of hydrogen-bond donors (Lipinski definition) is 6. The number of aliphatic carboxylic acids is 1. The minimum Gasteiger partial charge on any atom is -0.481 e. The van der Waals surface area contributed by atoms with Crippen LogP contribution in [0, 0.1) is 24.7 Å². The molecule has 0 aliphatic rings. The molecule has 12 heteroatoms. The van der Waals surface area contributed by atoms with Gasteiger partial charge in [0.25, 0.3) is 17.7 Å². The van der Waals surface area contributed by atoms with Crippen LogP contribution in [0.4, 0.5) is 17.1 Å². The lowest BCUT2D eigenvalue weighted by Crippen LogP contribution is -2.15. The summed E-state index contributed by atoms with van der Waals surface area (Å²) >= 11 is 0. The summed E-state index contributed by atoms with van der Waals surface area (Å²) in [7, 11) is 0. The van der Waals surface area contributed by atoms with Crippen molar-refractivity contribution in [3.8, 4) is 46.9 Å². The zero-order valence-corrected chi connectivity index (χ0v) is 40.0. The minimum absolute atomic E-state index is 0. The lowest BCUT2D eigenvalue weighted by atomic mass is 9.95. The van der Waals surface area contributed by atoms with Gasteiger partial charge >= 0.3 is 17.9 Å². The van der Waals surface area contributed by atoms with Gasteiger partial charge in [0, 0.05) is 44.9 Å². The van der Waals surface area contributed by atoms with E-state index in [1.165, 1.54) is 23.8 Å². The number of terminal acetylenes is 2. The Morgan fingerprint density at radius 3 is 1.27 bits per heavy atom. The highest BCUT2D eigenvalue weighted by molar-refractivity contribution is 6.11. The third-order valence-electron chi connectivity index (χ3n) is 11.2. The number of amides is 3. The van der Waals surface area contributed by atoms with Gasteiger partial charge in [-0.3, -0.25) is 19.2 Å². The molecule has 3 amide bonds. The summed E-state index contributed by atoms with van der Waals surface area (Å²) < 4.78 is 0. The van der Waals surface area contributed by atoms with Gasteiger partial charge in [0.2, 0.25) is 0 Å². The van der Waals surface area contributed by atoms with Crippen LogP contribution < -0.4 is 16.0 Å². The first-order chi connectivity index (χ1) is 35.8. The van der Waals surface area contributed by atoms with Gasteiger partial charge in [-0.15, -0.1) is 12.8 Å². The monoisotopic (exact) mass is 995 g/mol. The predicted octanol–water partition coefficient (Wildman–Crippen LogP) is 12.7. The van der Waals surface area contributed by atoms with Crippen molar-refractivity contribution in [2.45, 2.75) is 33.6 Å². The number of hydrogen-bond acceptors (Lipinski definition) is 6. The number of aromatic carboxylic acids is 2. The maximum Gasteiger partial charge on any atom is 0.336 e. The van der Waals surface area contributed by atoms with Crippen LogP contribution in [0.3, 0.4) is 0 Å². The van der Waals surface area contributed by atoms with Crippen LogP contribution in [-0.4, -0.2) is 50.9 Å². The lowest BCUT2D eigenvalue weighted by molar-refractivity contribution is -0.136. The van der Waals surface area contributed by atoms with E-state index in [1.807, 2.05) is 36.4 Å². The van der Waals surface area contributed by atoms with Crippen LogP contribution in [0.25, 0.3) is 22.3 Å². The Bertz CT molecular complexity index is 3390. The highest BCUT2D eigenvalue weighted by Crippen LogP contribution is 2.29. The Morgan fingerprint density at radius 1 is 0.440 bits per heavy atom. The number of carboxylic acids is 3. The van der Waals surface area contributed by atoms with Gasteiger partial charge in [0.05, 0.1) is 17.5 Å². The van der Waals surface area contributed by atoms with Crippen LogP contribution in [0.1, 0.15) is 94.8 Å². The molecule has 0 aromatic heterocycles. The summed E-state index contributed by atoms with van der Waals surface area (Å²) in [6, 6.07) is 55.5. The standard InChI is InChI=1S/2C22H15NO3.C18H19NO3.CH4/c1-2-15-11-13-16(14-12-15)23-21(24)19-9-5-3-7-17(19)18-8-4-6-10-20(18)22(25)26;1-2-15-7-13-18(14-8-15)23-21(24)20-6-4-3-5-19(20)16-9-11-17(12-10-16)22(25)26;1-2-5-13-8-10-15(11-9-13)19-18(22)16-7-4-3-6-14(16)12-17(20)21;/h2*1,3-14H,(H,23,24)(H,25,26);3-4,6-11H,2,5,12H2,1H3,(H,19,22)(H,20,21);1H4. The van der Waals surface area contributed by atoms with E-state index in [4.69, 9.17) is 23.1 Å². The fourth-order valence-corrected chi connectivity index (χ4v) is 7.54. The topological polar surface area (TPSA) is 199 Å². The Hall–Kier alpha value is -10.3. The first-order valence-corrected chi connectivity index (χ1v) is 23.1. The van der Waals surface area contributed by atoms with Gasteiger partial charge in [-0.2, -0.15) is 0 Å². The first-order valence-electron chi connectivity index (χ1n) is 23.1. The molecule has 0 heterocycles. The van der Waals surface area contributed by atoms with Crippen molar-refractivity contribution in [2.24, 2.45) is 0 Å². The second kappa shape index (κ2) is 27.3. The molecule has 0 unspecified atom stereocenters. The van der Waals surface area contributed by atoms with Crippen molar-refractivity contribution >= 4 is 52.7 Å². The number of benzene rings is 8. The second-order valence-electron chi connectivity index (χ2n) is 16.3. The Morgan fingerprint density at radius 2 is 0.827 bits per heavy atom. The van der Waals surface area contributed by atoms with Crippen molar-refractivity contribution in [1.29, 1.82) is 0 Å². The normalized spacial score (nSPS) is 9.91. The van der Waals surface area contributed by atoms with Gasteiger partial charge in [-0.05, 0) is 137 Å². The maximum absolute atomic E-state index is 12.7. The number of rotatable bonds is 14. The third-order valence-corrected chi connectivity index (χ3v) is 11.2. The summed E-state index contributed by atoms with van der Waals surface area (Å²) in [6.45, 7) is 2.12.